The summed E-state index contributed by atoms with van der Waals surface area (Å²) in [4.78, 5) is 0.251. The molecule has 0 radical (unpaired) electrons. The highest BCUT2D eigenvalue weighted by atomic mass is 35.5. The average Bonchev–Trinajstić information content (AvgIpc) is 3.11. The fraction of sp³-hybridized carbons (Fsp3) is 0.304. The zero-order valence-electron chi connectivity index (χ0n) is 19.2. The molecule has 11 heteroatoms. The number of aryl methyl sites for hydroxylation is 1. The van der Waals surface area contributed by atoms with E-state index >= 15 is 0 Å². The number of anilines is 1. The number of hydrazone groups is 1. The number of rotatable bonds is 9. The van der Waals surface area contributed by atoms with Crippen molar-refractivity contribution in [1.82, 2.24) is 14.3 Å². The Labute approximate surface area is 209 Å². The Bertz CT molecular complexity index is 1320. The maximum absolute atomic E-state index is 13.3. The lowest BCUT2D eigenvalue weighted by molar-refractivity contribution is 0.410. The van der Waals surface area contributed by atoms with Gasteiger partial charge in [0.2, 0.25) is 10.0 Å². The molecule has 0 saturated heterocycles. The molecule has 0 aliphatic carbocycles. The number of thiocarbonyl (C=S) groups is 1. The van der Waals surface area contributed by atoms with E-state index in [1.54, 1.807) is 24.4 Å². The number of halogens is 2. The van der Waals surface area contributed by atoms with Crippen molar-refractivity contribution in [2.45, 2.75) is 31.6 Å². The van der Waals surface area contributed by atoms with Gasteiger partial charge in [-0.3, -0.25) is 5.43 Å². The second kappa shape index (κ2) is 11.3. The van der Waals surface area contributed by atoms with E-state index in [0.717, 1.165) is 29.3 Å². The number of aromatic nitrogens is 1. The first-order valence-corrected chi connectivity index (χ1v) is 13.0. The van der Waals surface area contributed by atoms with Gasteiger partial charge in [0.15, 0.2) is 5.11 Å². The molecule has 1 aromatic heterocycles. The van der Waals surface area contributed by atoms with Gasteiger partial charge in [-0.2, -0.15) is 9.41 Å². The standard InChI is InChI=1S/C23H27ClFN5O2S2/c1-4-10-30(11-5-2)34(31,32)18-7-9-22-19(13-18)16(15-29(22)3)14-26-28-23(33)27-17-6-8-21(25)20(24)12-17/h6-9,12-15H,4-5,10-11H2,1-3H3,(H2,27,28,33). The summed E-state index contributed by atoms with van der Waals surface area (Å²) >= 11 is 11.0. The summed E-state index contributed by atoms with van der Waals surface area (Å²) in [6.45, 7) is 4.88. The van der Waals surface area contributed by atoms with Crippen LogP contribution in [0.2, 0.25) is 5.02 Å². The second-order valence-corrected chi connectivity index (χ2v) is 10.5. The van der Waals surface area contributed by atoms with Crippen molar-refractivity contribution in [3.05, 3.63) is 59.0 Å². The van der Waals surface area contributed by atoms with E-state index in [-0.39, 0.29) is 15.0 Å². The van der Waals surface area contributed by atoms with Crippen molar-refractivity contribution in [3.8, 4) is 0 Å². The van der Waals surface area contributed by atoms with Crippen molar-refractivity contribution in [2.24, 2.45) is 12.1 Å². The Kier molecular flexibility index (Phi) is 8.64. The Morgan fingerprint density at radius 1 is 1.21 bits per heavy atom. The van der Waals surface area contributed by atoms with Gasteiger partial charge in [-0.1, -0.05) is 25.4 Å². The number of sulfonamides is 1. The van der Waals surface area contributed by atoms with Crippen molar-refractivity contribution in [2.75, 3.05) is 18.4 Å². The zero-order chi connectivity index (χ0) is 24.9. The van der Waals surface area contributed by atoms with Crippen molar-refractivity contribution < 1.29 is 12.8 Å². The van der Waals surface area contributed by atoms with Gasteiger partial charge < -0.3 is 9.88 Å². The van der Waals surface area contributed by atoms with Crippen LogP contribution in [0.5, 0.6) is 0 Å². The molecule has 0 amide bonds. The van der Waals surface area contributed by atoms with E-state index in [9.17, 15) is 12.8 Å². The zero-order valence-corrected chi connectivity index (χ0v) is 21.6. The summed E-state index contributed by atoms with van der Waals surface area (Å²) < 4.78 is 43.2. The molecule has 34 heavy (non-hydrogen) atoms. The number of fused-ring (bicyclic) bond motifs is 1. The Balaban J connectivity index is 1.81. The van der Waals surface area contributed by atoms with Gasteiger partial charge in [0.25, 0.3) is 0 Å². The SMILES string of the molecule is CCCN(CCC)S(=O)(=O)c1ccc2c(c1)c(C=NNC(=S)Nc1ccc(F)c(Cl)c1)cn2C. The van der Waals surface area contributed by atoms with E-state index in [1.165, 1.54) is 22.5 Å². The molecular weight excluding hydrogens is 497 g/mol. The van der Waals surface area contributed by atoms with Gasteiger partial charge in [0, 0.05) is 48.5 Å². The van der Waals surface area contributed by atoms with E-state index in [2.05, 4.69) is 15.8 Å². The summed E-state index contributed by atoms with van der Waals surface area (Å²) in [5, 5.41) is 7.97. The van der Waals surface area contributed by atoms with Crippen LogP contribution < -0.4 is 10.7 Å². The van der Waals surface area contributed by atoms with Crippen molar-refractivity contribution in [3.63, 3.8) is 0 Å². The summed E-state index contributed by atoms with van der Waals surface area (Å²) in [5.74, 6) is -0.519. The third-order valence-corrected chi connectivity index (χ3v) is 7.50. The molecule has 3 rings (SSSR count). The Morgan fingerprint density at radius 3 is 2.56 bits per heavy atom. The smallest absolute Gasteiger partial charge is 0.243 e. The maximum atomic E-state index is 13.3. The quantitative estimate of drug-likeness (QED) is 0.232. The first-order valence-electron chi connectivity index (χ1n) is 10.8. The van der Waals surface area contributed by atoms with Gasteiger partial charge in [0.05, 0.1) is 16.1 Å². The van der Waals surface area contributed by atoms with Crippen molar-refractivity contribution >= 4 is 61.8 Å². The fourth-order valence-corrected chi connectivity index (χ4v) is 5.56. The predicted octanol–water partition coefficient (Wildman–Crippen LogP) is 5.10. The lowest BCUT2D eigenvalue weighted by Gasteiger charge is -2.21. The molecule has 0 fully saturated rings. The summed E-state index contributed by atoms with van der Waals surface area (Å²) in [7, 11) is -1.72. The molecule has 0 aliphatic rings. The minimum atomic E-state index is -3.60. The number of nitrogens with zero attached hydrogens (tertiary/aromatic N) is 3. The number of benzene rings is 2. The molecule has 7 nitrogen and oxygen atoms in total. The molecule has 2 aromatic carbocycles. The number of nitrogens with one attached hydrogen (secondary N) is 2. The largest absolute Gasteiger partial charge is 0.350 e. The third kappa shape index (κ3) is 5.93. The highest BCUT2D eigenvalue weighted by molar-refractivity contribution is 7.89. The highest BCUT2D eigenvalue weighted by Crippen LogP contribution is 2.25. The van der Waals surface area contributed by atoms with E-state index in [1.807, 2.05) is 31.7 Å². The van der Waals surface area contributed by atoms with Crippen LogP contribution in [0.1, 0.15) is 32.3 Å². The molecule has 0 saturated carbocycles. The molecule has 182 valence electrons. The monoisotopic (exact) mass is 523 g/mol. The highest BCUT2D eigenvalue weighted by Gasteiger charge is 2.24. The van der Waals surface area contributed by atoms with Crippen LogP contribution in [0, 0.1) is 5.82 Å². The number of hydrogen-bond donors (Lipinski definition) is 2. The van der Waals surface area contributed by atoms with Crippen LogP contribution in [0.4, 0.5) is 10.1 Å². The molecule has 2 N–H and O–H groups in total. The van der Waals surface area contributed by atoms with E-state index < -0.39 is 15.8 Å². The maximum Gasteiger partial charge on any atom is 0.243 e. The molecule has 0 spiro atoms. The van der Waals surface area contributed by atoms with Crippen LogP contribution in [-0.2, 0) is 17.1 Å². The first-order chi connectivity index (χ1) is 16.2. The molecule has 1 heterocycles. The van der Waals surface area contributed by atoms with Crippen LogP contribution in [-0.4, -0.2) is 41.7 Å². The fourth-order valence-electron chi connectivity index (χ4n) is 3.56. The second-order valence-electron chi connectivity index (χ2n) is 7.73. The van der Waals surface area contributed by atoms with E-state index in [0.29, 0.717) is 18.8 Å². The lowest BCUT2D eigenvalue weighted by Crippen LogP contribution is -2.32. The Morgan fingerprint density at radius 2 is 1.91 bits per heavy atom. The van der Waals surface area contributed by atoms with Crippen molar-refractivity contribution in [1.29, 1.82) is 0 Å². The molecule has 0 unspecified atom stereocenters. The first kappa shape index (κ1) is 26.1. The van der Waals surface area contributed by atoms with E-state index in [4.69, 9.17) is 23.8 Å². The minimum absolute atomic E-state index is 0.0192. The normalized spacial score (nSPS) is 12.1. The minimum Gasteiger partial charge on any atom is -0.350 e. The van der Waals surface area contributed by atoms with Crippen LogP contribution in [0.25, 0.3) is 10.9 Å². The average molecular weight is 524 g/mol. The third-order valence-electron chi connectivity index (χ3n) is 5.12. The van der Waals surface area contributed by atoms with Gasteiger partial charge in [0.1, 0.15) is 5.82 Å². The molecule has 0 bridgehead atoms. The topological polar surface area (TPSA) is 78.7 Å². The van der Waals surface area contributed by atoms with Crippen LogP contribution in [0.3, 0.4) is 0 Å². The van der Waals surface area contributed by atoms with Gasteiger partial charge in [-0.25, -0.2) is 12.8 Å². The summed E-state index contributed by atoms with van der Waals surface area (Å²) in [6.07, 6.45) is 4.92. The van der Waals surface area contributed by atoms with Gasteiger partial charge in [-0.15, -0.1) is 0 Å². The molecule has 0 aliphatic heterocycles. The Hall–Kier alpha value is -2.53. The lowest BCUT2D eigenvalue weighted by atomic mass is 10.2. The van der Waals surface area contributed by atoms with Gasteiger partial charge >= 0.3 is 0 Å². The number of hydrogen-bond acceptors (Lipinski definition) is 4. The summed E-state index contributed by atoms with van der Waals surface area (Å²) in [6, 6.07) is 9.28. The van der Waals surface area contributed by atoms with Crippen LogP contribution >= 0.6 is 23.8 Å². The van der Waals surface area contributed by atoms with Gasteiger partial charge in [-0.05, 0) is 61.5 Å². The van der Waals surface area contributed by atoms with Crippen LogP contribution in [0.15, 0.2) is 52.6 Å². The molecule has 0 atom stereocenters. The molecular formula is C23H27ClFN5O2S2. The molecule has 3 aromatic rings. The summed E-state index contributed by atoms with van der Waals surface area (Å²) in [5.41, 5.74) is 4.82. The predicted molar refractivity (Wildman–Crippen MR) is 141 cm³/mol.